The largest absolute Gasteiger partial charge is 0.428 e. The number of carbonyl (C=O) groups is 2. The molecule has 0 aromatic carbocycles. The van der Waals surface area contributed by atoms with E-state index < -0.39 is 18.9 Å². The number of ether oxygens (including phenoxy) is 2. The maximum absolute atomic E-state index is 13.3. The SMILES string of the molecule is C=C1N=c2sc(C)cc2=C(N2CCN(C)CC2)N(C(=O)OCOC(C)=O)/C1=C/C=C\C. The van der Waals surface area contributed by atoms with Crippen molar-refractivity contribution in [2.45, 2.75) is 20.8 Å². The number of piperazine rings is 1. The number of hydrogen-bond donors (Lipinski definition) is 0. The van der Waals surface area contributed by atoms with E-state index in [1.165, 1.54) is 11.8 Å². The predicted molar refractivity (Wildman–Crippen MR) is 119 cm³/mol. The topological polar surface area (TPSA) is 74.7 Å². The van der Waals surface area contributed by atoms with Crippen LogP contribution >= 0.6 is 11.3 Å². The van der Waals surface area contributed by atoms with Crippen molar-refractivity contribution in [2.24, 2.45) is 4.99 Å². The van der Waals surface area contributed by atoms with Crippen molar-refractivity contribution in [3.8, 4) is 0 Å². The van der Waals surface area contributed by atoms with Crippen LogP contribution in [0.5, 0.6) is 0 Å². The number of amides is 1. The first-order chi connectivity index (χ1) is 14.8. The standard InChI is InChI=1S/C22H28N4O4S/c1-6-7-8-19-16(3)23-20-18(13-15(2)31-20)21(25-11-9-24(5)10-12-25)26(19)22(28)30-14-29-17(4)27/h6-8,13H,3,9-12,14H2,1-2,4-5H3/b7-6-,19-8+. The third-order valence-corrected chi connectivity index (χ3v) is 5.88. The van der Waals surface area contributed by atoms with E-state index in [4.69, 9.17) is 14.5 Å². The zero-order valence-corrected chi connectivity index (χ0v) is 19.2. The highest BCUT2D eigenvalue weighted by molar-refractivity contribution is 7.09. The molecule has 0 spiro atoms. The van der Waals surface area contributed by atoms with Crippen molar-refractivity contribution in [3.63, 3.8) is 0 Å². The Labute approximate surface area is 186 Å². The quantitative estimate of drug-likeness (QED) is 0.522. The van der Waals surface area contributed by atoms with E-state index in [1.807, 2.05) is 32.1 Å². The lowest BCUT2D eigenvalue weighted by molar-refractivity contribution is -0.149. The van der Waals surface area contributed by atoms with Gasteiger partial charge in [0, 0.05) is 38.0 Å². The number of carbonyl (C=O) groups excluding carboxylic acids is 2. The van der Waals surface area contributed by atoms with E-state index in [0.717, 1.165) is 40.9 Å². The number of rotatable bonds is 4. The van der Waals surface area contributed by atoms with E-state index in [-0.39, 0.29) is 0 Å². The van der Waals surface area contributed by atoms with Gasteiger partial charge in [-0.05, 0) is 33.0 Å². The van der Waals surface area contributed by atoms with Gasteiger partial charge in [-0.2, -0.15) is 0 Å². The fraction of sp³-hybridized carbons (Fsp3) is 0.409. The minimum Gasteiger partial charge on any atom is -0.428 e. The molecule has 0 atom stereocenters. The summed E-state index contributed by atoms with van der Waals surface area (Å²) in [6.07, 6.45) is 4.83. The average Bonchev–Trinajstić information content (AvgIpc) is 3.02. The zero-order valence-electron chi connectivity index (χ0n) is 18.4. The number of fused-ring (bicyclic) bond motifs is 1. The molecule has 9 heteroatoms. The first-order valence-electron chi connectivity index (χ1n) is 10.1. The lowest BCUT2D eigenvalue weighted by Gasteiger charge is -2.39. The molecule has 0 unspecified atom stereocenters. The van der Waals surface area contributed by atoms with Crippen LogP contribution in [0.25, 0.3) is 5.82 Å². The van der Waals surface area contributed by atoms with Gasteiger partial charge in [0.1, 0.15) is 10.5 Å². The number of thiophene rings is 1. The fourth-order valence-corrected chi connectivity index (χ4v) is 4.29. The molecule has 2 aliphatic heterocycles. The molecule has 0 saturated carbocycles. The summed E-state index contributed by atoms with van der Waals surface area (Å²) in [5.74, 6) is 0.185. The summed E-state index contributed by atoms with van der Waals surface area (Å²) in [4.78, 5) is 36.2. The van der Waals surface area contributed by atoms with Crippen LogP contribution in [0.2, 0.25) is 0 Å². The molecule has 0 N–H and O–H groups in total. The summed E-state index contributed by atoms with van der Waals surface area (Å²) >= 11 is 1.56. The van der Waals surface area contributed by atoms with E-state index in [9.17, 15) is 9.59 Å². The molecule has 0 bridgehead atoms. The average molecular weight is 445 g/mol. The van der Waals surface area contributed by atoms with Gasteiger partial charge >= 0.3 is 12.1 Å². The first kappa shape index (κ1) is 22.8. The molecule has 3 heterocycles. The van der Waals surface area contributed by atoms with Crippen molar-refractivity contribution < 1.29 is 19.1 Å². The van der Waals surface area contributed by atoms with Crippen LogP contribution in [0, 0.1) is 6.92 Å². The van der Waals surface area contributed by atoms with Gasteiger partial charge in [0.25, 0.3) is 0 Å². The lowest BCUT2D eigenvalue weighted by atomic mass is 10.2. The van der Waals surface area contributed by atoms with Crippen LogP contribution in [-0.4, -0.2) is 66.8 Å². The normalized spacial score (nSPS) is 18.8. The summed E-state index contributed by atoms with van der Waals surface area (Å²) in [6, 6.07) is 2.04. The second-order valence-electron chi connectivity index (χ2n) is 7.33. The monoisotopic (exact) mass is 444 g/mol. The van der Waals surface area contributed by atoms with Crippen LogP contribution in [0.15, 0.2) is 47.3 Å². The summed E-state index contributed by atoms with van der Waals surface area (Å²) in [5, 5.41) is 0.863. The van der Waals surface area contributed by atoms with Crippen molar-refractivity contribution in [2.75, 3.05) is 40.0 Å². The molecule has 166 valence electrons. The molecule has 0 radical (unpaired) electrons. The highest BCUT2D eigenvalue weighted by Gasteiger charge is 2.33. The predicted octanol–water partition coefficient (Wildman–Crippen LogP) is 1.94. The van der Waals surface area contributed by atoms with E-state index >= 15 is 0 Å². The highest BCUT2D eigenvalue weighted by atomic mass is 32.1. The zero-order chi connectivity index (χ0) is 22.5. The van der Waals surface area contributed by atoms with Gasteiger partial charge in [-0.15, -0.1) is 11.3 Å². The minimum atomic E-state index is -0.654. The number of esters is 1. The summed E-state index contributed by atoms with van der Waals surface area (Å²) in [5.41, 5.74) is 0.968. The van der Waals surface area contributed by atoms with Crippen LogP contribution in [0.3, 0.4) is 0 Å². The summed E-state index contributed by atoms with van der Waals surface area (Å²) < 4.78 is 10.9. The molecule has 1 fully saturated rings. The van der Waals surface area contributed by atoms with Crippen LogP contribution in [-0.2, 0) is 14.3 Å². The fourth-order valence-electron chi connectivity index (χ4n) is 3.39. The van der Waals surface area contributed by atoms with Crippen LogP contribution in [0.1, 0.15) is 18.7 Å². The van der Waals surface area contributed by atoms with Gasteiger partial charge in [0.15, 0.2) is 0 Å². The molecule has 1 aromatic rings. The Hall–Kier alpha value is -2.91. The van der Waals surface area contributed by atoms with Crippen molar-refractivity contribution in [1.82, 2.24) is 14.7 Å². The van der Waals surface area contributed by atoms with E-state index in [1.54, 1.807) is 17.4 Å². The molecule has 1 amide bonds. The number of likely N-dealkylation sites (N-methyl/N-ethyl adjacent to an activating group) is 1. The number of hydrogen-bond acceptors (Lipinski definition) is 8. The molecule has 31 heavy (non-hydrogen) atoms. The lowest BCUT2D eigenvalue weighted by Crippen LogP contribution is -2.50. The third kappa shape index (κ3) is 5.23. The van der Waals surface area contributed by atoms with Crippen molar-refractivity contribution >= 4 is 29.2 Å². The number of allylic oxidation sites excluding steroid dienone is 3. The van der Waals surface area contributed by atoms with Crippen LogP contribution in [0.4, 0.5) is 4.79 Å². The second kappa shape index (κ2) is 9.93. The summed E-state index contributed by atoms with van der Waals surface area (Å²) in [6.45, 7) is 12.0. The van der Waals surface area contributed by atoms with Crippen LogP contribution < -0.4 is 9.89 Å². The smallest absolute Gasteiger partial charge is 0.423 e. The Kier molecular flexibility index (Phi) is 7.29. The molecular formula is C22H28N4O4S. The van der Waals surface area contributed by atoms with Gasteiger partial charge < -0.3 is 19.3 Å². The van der Waals surface area contributed by atoms with Gasteiger partial charge in [-0.3, -0.25) is 4.79 Å². The van der Waals surface area contributed by atoms with Gasteiger partial charge in [-0.1, -0.05) is 18.7 Å². The molecule has 1 aromatic heterocycles. The molecular weight excluding hydrogens is 416 g/mol. The molecule has 0 aliphatic carbocycles. The molecule has 2 aliphatic rings. The van der Waals surface area contributed by atoms with Gasteiger partial charge in [-0.25, -0.2) is 14.7 Å². The minimum absolute atomic E-state index is 0.453. The van der Waals surface area contributed by atoms with E-state index in [0.29, 0.717) is 17.2 Å². The van der Waals surface area contributed by atoms with Crippen molar-refractivity contribution in [3.05, 3.63) is 57.0 Å². The van der Waals surface area contributed by atoms with Crippen molar-refractivity contribution in [1.29, 1.82) is 0 Å². The summed E-state index contributed by atoms with van der Waals surface area (Å²) in [7, 11) is 2.08. The maximum Gasteiger partial charge on any atom is 0.423 e. The first-order valence-corrected chi connectivity index (χ1v) is 10.9. The number of aryl methyl sites for hydroxylation is 1. The van der Waals surface area contributed by atoms with Gasteiger partial charge in [0.2, 0.25) is 6.79 Å². The Morgan fingerprint density at radius 2 is 1.97 bits per heavy atom. The molecule has 3 rings (SSSR count). The number of nitrogens with zero attached hydrogens (tertiary/aromatic N) is 4. The Balaban J connectivity index is 2.17. The molecule has 8 nitrogen and oxygen atoms in total. The molecule has 1 saturated heterocycles. The maximum atomic E-state index is 13.3. The second-order valence-corrected chi connectivity index (χ2v) is 8.56. The Morgan fingerprint density at radius 3 is 2.61 bits per heavy atom. The Bertz CT molecular complexity index is 1050. The van der Waals surface area contributed by atoms with Gasteiger partial charge in [0.05, 0.1) is 16.6 Å². The third-order valence-electron chi connectivity index (χ3n) is 4.94. The highest BCUT2D eigenvalue weighted by Crippen LogP contribution is 2.27. The van der Waals surface area contributed by atoms with E-state index in [2.05, 4.69) is 23.4 Å². The Morgan fingerprint density at radius 1 is 1.26 bits per heavy atom.